The van der Waals surface area contributed by atoms with Crippen molar-refractivity contribution in [3.8, 4) is 61.3 Å². The molecule has 0 unspecified atom stereocenters. The third kappa shape index (κ3) is 5.07. The highest BCUT2D eigenvalue weighted by Crippen LogP contribution is 2.63. The zero-order valence-corrected chi connectivity index (χ0v) is 36.9. The van der Waals surface area contributed by atoms with Crippen molar-refractivity contribution in [2.75, 3.05) is 0 Å². The lowest BCUT2D eigenvalue weighted by atomic mass is 9.70. The lowest BCUT2D eigenvalue weighted by Gasteiger charge is -2.30. The molecule has 0 fully saturated rings. The van der Waals surface area contributed by atoms with Gasteiger partial charge in [0.2, 0.25) is 0 Å². The molecular formula is C65H39N3. The van der Waals surface area contributed by atoms with Crippen molar-refractivity contribution in [1.82, 2.24) is 14.5 Å². The lowest BCUT2D eigenvalue weighted by Crippen LogP contribution is -2.25. The highest BCUT2D eigenvalue weighted by molar-refractivity contribution is 6.23. The summed E-state index contributed by atoms with van der Waals surface area (Å²) in [5.41, 5.74) is 22.9. The molecule has 3 heteroatoms. The maximum atomic E-state index is 4.77. The molecule has 13 aromatic rings. The number of aromatic nitrogens is 3. The highest BCUT2D eigenvalue weighted by Gasteiger charge is 2.51. The van der Waals surface area contributed by atoms with E-state index in [2.05, 4.69) is 229 Å². The summed E-state index contributed by atoms with van der Waals surface area (Å²) in [5, 5.41) is 7.09. The van der Waals surface area contributed by atoms with Gasteiger partial charge < -0.3 is 4.57 Å². The monoisotopic (exact) mass is 861 g/mol. The minimum atomic E-state index is -0.389. The second-order valence-electron chi connectivity index (χ2n) is 18.4. The van der Waals surface area contributed by atoms with Crippen molar-refractivity contribution in [2.24, 2.45) is 0 Å². The quantitative estimate of drug-likeness (QED) is 0.165. The van der Waals surface area contributed by atoms with Gasteiger partial charge in [-0.2, -0.15) is 0 Å². The van der Waals surface area contributed by atoms with Gasteiger partial charge in [0.15, 0.2) is 0 Å². The molecule has 1 spiro atoms. The molecule has 0 amide bonds. The first-order valence-corrected chi connectivity index (χ1v) is 23.5. The number of benzene rings is 11. The van der Waals surface area contributed by atoms with E-state index in [4.69, 9.17) is 9.97 Å². The zero-order chi connectivity index (χ0) is 44.5. The van der Waals surface area contributed by atoms with Gasteiger partial charge in [0, 0.05) is 39.6 Å². The maximum Gasteiger partial charge on any atom is 0.0971 e. The molecule has 0 aliphatic heterocycles. The van der Waals surface area contributed by atoms with E-state index in [1.165, 1.54) is 110 Å². The average Bonchev–Trinajstić information content (AvgIpc) is 4.02. The van der Waals surface area contributed by atoms with Gasteiger partial charge >= 0.3 is 0 Å². The number of hydrogen-bond donors (Lipinski definition) is 0. The summed E-state index contributed by atoms with van der Waals surface area (Å²) in [6.07, 6.45) is 3.57. The van der Waals surface area contributed by atoms with Gasteiger partial charge in [0.25, 0.3) is 0 Å². The van der Waals surface area contributed by atoms with Crippen molar-refractivity contribution in [2.45, 2.75) is 5.41 Å². The maximum absolute atomic E-state index is 4.77. The Balaban J connectivity index is 0.868. The van der Waals surface area contributed by atoms with E-state index in [1.54, 1.807) is 12.4 Å². The molecule has 2 aromatic heterocycles. The van der Waals surface area contributed by atoms with Crippen LogP contribution in [-0.2, 0) is 5.41 Å². The molecule has 0 bridgehead atoms. The Kier molecular flexibility index (Phi) is 7.71. The van der Waals surface area contributed by atoms with Crippen LogP contribution >= 0.6 is 0 Å². The normalized spacial score (nSPS) is 13.1. The first-order valence-electron chi connectivity index (χ1n) is 23.5. The van der Waals surface area contributed by atoms with E-state index in [-0.39, 0.29) is 5.41 Å². The highest BCUT2D eigenvalue weighted by atomic mass is 15.0. The molecule has 0 saturated heterocycles. The first-order chi connectivity index (χ1) is 33.7. The lowest BCUT2D eigenvalue weighted by molar-refractivity contribution is 0.794. The summed E-state index contributed by atoms with van der Waals surface area (Å²) >= 11 is 0. The van der Waals surface area contributed by atoms with Crippen molar-refractivity contribution in [3.05, 3.63) is 259 Å². The van der Waals surface area contributed by atoms with Crippen molar-refractivity contribution in [1.29, 1.82) is 0 Å². The van der Waals surface area contributed by atoms with Crippen LogP contribution in [0.4, 0.5) is 0 Å². The third-order valence-corrected chi connectivity index (χ3v) is 15.1. The van der Waals surface area contributed by atoms with Crippen LogP contribution in [0.2, 0.25) is 0 Å². The largest absolute Gasteiger partial charge is 0.309 e. The predicted octanol–water partition coefficient (Wildman–Crippen LogP) is 16.4. The Bertz CT molecular complexity index is 4160. The van der Waals surface area contributed by atoms with Crippen LogP contribution in [0.25, 0.3) is 116 Å². The molecule has 11 aromatic carbocycles. The molecule has 68 heavy (non-hydrogen) atoms. The fourth-order valence-corrected chi connectivity index (χ4v) is 12.2. The van der Waals surface area contributed by atoms with E-state index in [1.807, 2.05) is 0 Å². The minimum absolute atomic E-state index is 0.389. The van der Waals surface area contributed by atoms with Gasteiger partial charge in [-0.25, -0.2) is 0 Å². The van der Waals surface area contributed by atoms with Crippen molar-refractivity contribution >= 4 is 54.4 Å². The molecule has 2 aliphatic rings. The summed E-state index contributed by atoms with van der Waals surface area (Å²) in [6, 6.07) is 83.5. The summed E-state index contributed by atoms with van der Waals surface area (Å²) < 4.78 is 2.42. The molecule has 314 valence electrons. The standard InChI is InChI=1S/C65H39N3/c1-2-12-46(13-3-1)68-61-32-28-43(41-24-22-40(23-25-41)42-27-31-53-54(36-42)47-14-4-5-18-52(47)63-64(53)67-35-34-66-63)37-55(61)56-38-44(29-33-62(56)68)45-26-30-51-50-17-8-11-21-59(50)65(60(51)39-45)57-19-9-6-15-48(57)49-16-7-10-20-58(49)65/h1-39H. The van der Waals surface area contributed by atoms with Gasteiger partial charge in [-0.15, -0.1) is 0 Å². The van der Waals surface area contributed by atoms with E-state index >= 15 is 0 Å². The first kappa shape index (κ1) is 37.3. The van der Waals surface area contributed by atoms with Crippen LogP contribution in [0.15, 0.2) is 237 Å². The molecular weight excluding hydrogens is 823 g/mol. The fourth-order valence-electron chi connectivity index (χ4n) is 12.2. The summed E-state index contributed by atoms with van der Waals surface area (Å²) in [5.74, 6) is 0. The predicted molar refractivity (Wildman–Crippen MR) is 281 cm³/mol. The summed E-state index contributed by atoms with van der Waals surface area (Å²) in [7, 11) is 0. The average molecular weight is 862 g/mol. The van der Waals surface area contributed by atoms with Crippen LogP contribution in [0.5, 0.6) is 0 Å². The van der Waals surface area contributed by atoms with Gasteiger partial charge in [0.1, 0.15) is 0 Å². The second-order valence-corrected chi connectivity index (χ2v) is 18.4. The van der Waals surface area contributed by atoms with Gasteiger partial charge in [0.05, 0.1) is 27.5 Å². The van der Waals surface area contributed by atoms with Gasteiger partial charge in [-0.05, 0) is 137 Å². The molecule has 2 aliphatic carbocycles. The summed E-state index contributed by atoms with van der Waals surface area (Å²) in [4.78, 5) is 9.50. The molecule has 0 N–H and O–H groups in total. The zero-order valence-electron chi connectivity index (χ0n) is 36.9. The number of fused-ring (bicyclic) bond motifs is 19. The number of rotatable bonds is 4. The molecule has 0 saturated carbocycles. The second kappa shape index (κ2) is 14.0. The number of nitrogens with zero attached hydrogens (tertiary/aromatic N) is 3. The Morgan fingerprint density at radius 3 is 1.28 bits per heavy atom. The fraction of sp³-hybridized carbons (Fsp3) is 0.0154. The molecule has 0 atom stereocenters. The SMILES string of the molecule is c1ccc(-n2c3ccc(-c4ccc(-c5ccc6c(c5)c5ccccc5c5nccnc65)cc4)cc3c3cc(-c4ccc5c(c4)C4(c6ccccc6-c6ccccc64)c4ccccc4-5)ccc32)cc1. The Morgan fingerprint density at radius 1 is 0.279 bits per heavy atom. The van der Waals surface area contributed by atoms with Crippen LogP contribution in [-0.4, -0.2) is 14.5 Å². The van der Waals surface area contributed by atoms with Gasteiger partial charge in [-0.3, -0.25) is 9.97 Å². The van der Waals surface area contributed by atoms with E-state index in [0.29, 0.717) is 0 Å². The number of hydrogen-bond acceptors (Lipinski definition) is 2. The molecule has 0 radical (unpaired) electrons. The Labute approximate surface area is 392 Å². The third-order valence-electron chi connectivity index (χ3n) is 15.1. The van der Waals surface area contributed by atoms with E-state index in [9.17, 15) is 0 Å². The molecule has 3 nitrogen and oxygen atoms in total. The Morgan fingerprint density at radius 2 is 0.691 bits per heavy atom. The summed E-state index contributed by atoms with van der Waals surface area (Å²) in [6.45, 7) is 0. The molecule has 15 rings (SSSR count). The van der Waals surface area contributed by atoms with Gasteiger partial charge in [-0.1, -0.05) is 176 Å². The molecule has 2 heterocycles. The van der Waals surface area contributed by atoms with Crippen molar-refractivity contribution in [3.63, 3.8) is 0 Å². The topological polar surface area (TPSA) is 30.7 Å². The van der Waals surface area contributed by atoms with Crippen LogP contribution in [0.1, 0.15) is 22.3 Å². The smallest absolute Gasteiger partial charge is 0.0971 e. The van der Waals surface area contributed by atoms with E-state index < -0.39 is 0 Å². The number of para-hydroxylation sites is 1. The van der Waals surface area contributed by atoms with Crippen molar-refractivity contribution < 1.29 is 0 Å². The Hall–Kier alpha value is -8.92. The van der Waals surface area contributed by atoms with E-state index in [0.717, 1.165) is 27.5 Å². The van der Waals surface area contributed by atoms with Crippen LogP contribution in [0.3, 0.4) is 0 Å². The van der Waals surface area contributed by atoms with Crippen LogP contribution < -0.4 is 0 Å². The minimum Gasteiger partial charge on any atom is -0.309 e. The van der Waals surface area contributed by atoms with Crippen LogP contribution in [0, 0.1) is 0 Å².